The second-order valence-electron chi connectivity index (χ2n) is 3.68. The molecule has 0 aliphatic heterocycles. The molecule has 1 heterocycles. The van der Waals surface area contributed by atoms with Gasteiger partial charge < -0.3 is 0 Å². The van der Waals surface area contributed by atoms with E-state index in [0.717, 1.165) is 24.1 Å². The average molecular weight is 290 g/mol. The van der Waals surface area contributed by atoms with Gasteiger partial charge in [0.2, 0.25) is 0 Å². The van der Waals surface area contributed by atoms with Crippen LogP contribution in [0.5, 0.6) is 0 Å². The molecule has 0 N–H and O–H groups in total. The largest absolute Gasteiger partial charge is 0.241 e. The number of hydrogen-bond donors (Lipinski definition) is 0. The van der Waals surface area contributed by atoms with Gasteiger partial charge in [-0.15, -0.1) is 11.6 Å². The van der Waals surface area contributed by atoms with E-state index in [1.54, 1.807) is 16.8 Å². The van der Waals surface area contributed by atoms with E-state index in [9.17, 15) is 0 Å². The van der Waals surface area contributed by atoms with Crippen molar-refractivity contribution in [2.75, 3.05) is 5.88 Å². The summed E-state index contributed by atoms with van der Waals surface area (Å²) in [5, 5.41) is 5.36. The van der Waals surface area contributed by atoms with Gasteiger partial charge in [-0.2, -0.15) is 5.10 Å². The predicted molar refractivity (Wildman–Crippen MR) is 72.6 cm³/mol. The first-order chi connectivity index (χ1) is 8.20. The third-order valence-corrected chi connectivity index (χ3v) is 3.41. The second-order valence-corrected chi connectivity index (χ2v) is 4.88. The fourth-order valence-electron chi connectivity index (χ4n) is 1.53. The number of nitrogens with zero attached hydrogens (tertiary/aromatic N) is 2. The lowest BCUT2D eigenvalue weighted by atomic mass is 10.2. The van der Waals surface area contributed by atoms with Gasteiger partial charge in [0, 0.05) is 12.1 Å². The molecule has 17 heavy (non-hydrogen) atoms. The molecule has 0 unspecified atom stereocenters. The average Bonchev–Trinajstić information content (AvgIpc) is 2.79. The van der Waals surface area contributed by atoms with Crippen LogP contribution in [0.15, 0.2) is 30.6 Å². The van der Waals surface area contributed by atoms with E-state index in [2.05, 4.69) is 5.10 Å². The Kier molecular flexibility index (Phi) is 4.32. The van der Waals surface area contributed by atoms with Crippen LogP contribution < -0.4 is 0 Å². The van der Waals surface area contributed by atoms with Crippen molar-refractivity contribution in [2.24, 2.45) is 0 Å². The minimum Gasteiger partial charge on any atom is -0.241 e. The molecule has 0 aliphatic carbocycles. The highest BCUT2D eigenvalue weighted by Gasteiger charge is 2.03. The summed E-state index contributed by atoms with van der Waals surface area (Å²) in [5.41, 5.74) is 2.06. The van der Waals surface area contributed by atoms with Crippen LogP contribution in [0.25, 0.3) is 5.69 Å². The maximum absolute atomic E-state index is 5.96. The van der Waals surface area contributed by atoms with Crippen LogP contribution in [0.2, 0.25) is 10.0 Å². The molecule has 0 atom stereocenters. The maximum atomic E-state index is 5.96. The summed E-state index contributed by atoms with van der Waals surface area (Å²) in [6.45, 7) is 0. The minimum atomic E-state index is 0.530. The van der Waals surface area contributed by atoms with Crippen molar-refractivity contribution in [1.82, 2.24) is 9.78 Å². The molecule has 2 nitrogen and oxygen atoms in total. The molecule has 2 rings (SSSR count). The first kappa shape index (κ1) is 12.7. The SMILES string of the molecule is ClCCCc1cnn(-c2ccc(Cl)c(Cl)c2)c1. The summed E-state index contributed by atoms with van der Waals surface area (Å²) in [7, 11) is 0. The van der Waals surface area contributed by atoms with Crippen LogP contribution in [0, 0.1) is 0 Å². The van der Waals surface area contributed by atoms with Crippen molar-refractivity contribution in [1.29, 1.82) is 0 Å². The molecule has 0 fully saturated rings. The van der Waals surface area contributed by atoms with Crippen LogP contribution in [0.4, 0.5) is 0 Å². The third kappa shape index (κ3) is 3.15. The van der Waals surface area contributed by atoms with E-state index in [1.807, 2.05) is 18.5 Å². The molecule has 1 aromatic carbocycles. The third-order valence-electron chi connectivity index (χ3n) is 2.40. The van der Waals surface area contributed by atoms with Gasteiger partial charge >= 0.3 is 0 Å². The highest BCUT2D eigenvalue weighted by Crippen LogP contribution is 2.24. The summed E-state index contributed by atoms with van der Waals surface area (Å²) in [6.07, 6.45) is 5.71. The highest BCUT2D eigenvalue weighted by molar-refractivity contribution is 6.42. The molecule has 0 bridgehead atoms. The summed E-state index contributed by atoms with van der Waals surface area (Å²) in [5.74, 6) is 0.665. The quantitative estimate of drug-likeness (QED) is 0.765. The van der Waals surface area contributed by atoms with Crippen LogP contribution >= 0.6 is 34.8 Å². The van der Waals surface area contributed by atoms with Gasteiger partial charge in [0.15, 0.2) is 0 Å². The smallest absolute Gasteiger partial charge is 0.0661 e. The maximum Gasteiger partial charge on any atom is 0.0661 e. The van der Waals surface area contributed by atoms with E-state index < -0.39 is 0 Å². The van der Waals surface area contributed by atoms with Crippen molar-refractivity contribution >= 4 is 34.8 Å². The van der Waals surface area contributed by atoms with E-state index in [0.29, 0.717) is 15.9 Å². The lowest BCUT2D eigenvalue weighted by Crippen LogP contribution is -1.93. The molecular weight excluding hydrogens is 279 g/mol. The Morgan fingerprint density at radius 2 is 2.00 bits per heavy atom. The Morgan fingerprint density at radius 1 is 1.18 bits per heavy atom. The number of hydrogen-bond acceptors (Lipinski definition) is 1. The monoisotopic (exact) mass is 288 g/mol. The molecule has 0 saturated carbocycles. The lowest BCUT2D eigenvalue weighted by Gasteiger charge is -2.02. The topological polar surface area (TPSA) is 17.8 Å². The Balaban J connectivity index is 2.21. The van der Waals surface area contributed by atoms with Crippen LogP contribution in [0.1, 0.15) is 12.0 Å². The Hall–Kier alpha value is -0.700. The van der Waals surface area contributed by atoms with E-state index in [4.69, 9.17) is 34.8 Å². The number of alkyl halides is 1. The zero-order valence-electron chi connectivity index (χ0n) is 9.04. The van der Waals surface area contributed by atoms with Gasteiger partial charge in [-0.05, 0) is 36.6 Å². The van der Waals surface area contributed by atoms with Gasteiger partial charge in [0.1, 0.15) is 0 Å². The zero-order valence-corrected chi connectivity index (χ0v) is 11.3. The van der Waals surface area contributed by atoms with Gasteiger partial charge in [-0.3, -0.25) is 0 Å². The van der Waals surface area contributed by atoms with Crippen molar-refractivity contribution in [3.63, 3.8) is 0 Å². The standard InChI is InChI=1S/C12H11Cl3N2/c13-5-1-2-9-7-16-17(8-9)10-3-4-11(14)12(15)6-10/h3-4,6-8H,1-2,5H2. The van der Waals surface area contributed by atoms with Gasteiger partial charge in [-0.1, -0.05) is 23.2 Å². The molecule has 5 heteroatoms. The van der Waals surface area contributed by atoms with Gasteiger partial charge in [0.25, 0.3) is 0 Å². The second kappa shape index (κ2) is 5.76. The van der Waals surface area contributed by atoms with Gasteiger partial charge in [-0.25, -0.2) is 4.68 Å². The number of aromatic nitrogens is 2. The van der Waals surface area contributed by atoms with Crippen LogP contribution in [0.3, 0.4) is 0 Å². The van der Waals surface area contributed by atoms with Crippen molar-refractivity contribution in [2.45, 2.75) is 12.8 Å². The summed E-state index contributed by atoms with van der Waals surface area (Å²) in [6, 6.07) is 5.44. The lowest BCUT2D eigenvalue weighted by molar-refractivity contribution is 0.877. The Morgan fingerprint density at radius 3 is 2.71 bits per heavy atom. The number of halogens is 3. The number of benzene rings is 1. The summed E-state index contributed by atoms with van der Waals surface area (Å²) >= 11 is 17.5. The molecule has 0 aliphatic rings. The minimum absolute atomic E-state index is 0.530. The van der Waals surface area contributed by atoms with E-state index in [-0.39, 0.29) is 0 Å². The molecule has 90 valence electrons. The highest BCUT2D eigenvalue weighted by atomic mass is 35.5. The molecule has 0 saturated heterocycles. The van der Waals surface area contributed by atoms with Crippen molar-refractivity contribution < 1.29 is 0 Å². The van der Waals surface area contributed by atoms with Crippen molar-refractivity contribution in [3.8, 4) is 5.69 Å². The van der Waals surface area contributed by atoms with E-state index >= 15 is 0 Å². The van der Waals surface area contributed by atoms with Crippen LogP contribution in [-0.4, -0.2) is 15.7 Å². The first-order valence-corrected chi connectivity index (χ1v) is 6.54. The zero-order chi connectivity index (χ0) is 12.3. The summed E-state index contributed by atoms with van der Waals surface area (Å²) in [4.78, 5) is 0. The molecule has 2 aromatic rings. The summed E-state index contributed by atoms with van der Waals surface area (Å²) < 4.78 is 1.78. The van der Waals surface area contributed by atoms with Crippen molar-refractivity contribution in [3.05, 3.63) is 46.2 Å². The fraction of sp³-hybridized carbons (Fsp3) is 0.250. The molecule has 0 spiro atoms. The molecule has 0 radical (unpaired) electrons. The molecule has 1 aromatic heterocycles. The normalized spacial score (nSPS) is 10.8. The van der Waals surface area contributed by atoms with Gasteiger partial charge in [0.05, 0.1) is 21.9 Å². The fourth-order valence-corrected chi connectivity index (χ4v) is 1.95. The number of aryl methyl sites for hydroxylation is 1. The molecular formula is C12H11Cl3N2. The van der Waals surface area contributed by atoms with E-state index in [1.165, 1.54) is 0 Å². The predicted octanol–water partition coefficient (Wildman–Crippen LogP) is 4.35. The van der Waals surface area contributed by atoms with Crippen LogP contribution in [-0.2, 0) is 6.42 Å². The Labute approximate surface area is 115 Å². The number of rotatable bonds is 4. The first-order valence-electron chi connectivity index (χ1n) is 5.25. The Bertz CT molecular complexity index is 508. The molecule has 0 amide bonds.